The maximum atomic E-state index is 14.6. The number of rotatable bonds is 16. The summed E-state index contributed by atoms with van der Waals surface area (Å²) >= 11 is 0. The van der Waals surface area contributed by atoms with Crippen molar-refractivity contribution in [3.8, 4) is 0 Å². The molecule has 3 saturated carbocycles. The van der Waals surface area contributed by atoms with Gasteiger partial charge in [0.15, 0.2) is 0 Å². The van der Waals surface area contributed by atoms with Crippen LogP contribution in [0, 0.1) is 57.2 Å². The first-order valence-electron chi connectivity index (χ1n) is 21.9. The van der Waals surface area contributed by atoms with Crippen LogP contribution < -0.4 is 10.6 Å². The fourth-order valence-electron chi connectivity index (χ4n) is 13.4. The molecule has 1 aromatic carbocycles. The van der Waals surface area contributed by atoms with E-state index in [0.29, 0.717) is 55.5 Å². The summed E-state index contributed by atoms with van der Waals surface area (Å²) in [5.74, 6) is 0.434. The fourth-order valence-corrected chi connectivity index (χ4v) is 13.4. The molecule has 57 heavy (non-hydrogen) atoms. The molecular formula is C47H71N3O7. The minimum absolute atomic E-state index is 0.0655. The zero-order valence-corrected chi connectivity index (χ0v) is 35.7. The highest BCUT2D eigenvalue weighted by molar-refractivity contribution is 5.88. The van der Waals surface area contributed by atoms with Gasteiger partial charge >= 0.3 is 11.9 Å². The Bertz CT molecular complexity index is 1650. The minimum Gasteiger partial charge on any atom is -0.480 e. The van der Waals surface area contributed by atoms with Gasteiger partial charge in [-0.25, -0.2) is 4.79 Å². The van der Waals surface area contributed by atoms with Crippen molar-refractivity contribution in [1.29, 1.82) is 0 Å². The first kappa shape index (κ1) is 43.5. The monoisotopic (exact) mass is 790 g/mol. The van der Waals surface area contributed by atoms with Gasteiger partial charge in [-0.3, -0.25) is 14.5 Å². The number of fused-ring (bicyclic) bond motifs is 3. The molecule has 1 saturated heterocycles. The number of nitrogens with one attached hydrogen (secondary N) is 2. The molecule has 6 rings (SSSR count). The highest BCUT2D eigenvalue weighted by Crippen LogP contribution is 2.71. The number of morpholine rings is 1. The lowest BCUT2D eigenvalue weighted by molar-refractivity contribution is -0.164. The van der Waals surface area contributed by atoms with Crippen LogP contribution in [0.15, 0.2) is 42.5 Å². The molecule has 0 bridgehead atoms. The largest absolute Gasteiger partial charge is 0.480 e. The summed E-state index contributed by atoms with van der Waals surface area (Å²) in [6.45, 7) is 25.5. The van der Waals surface area contributed by atoms with Gasteiger partial charge in [-0.2, -0.15) is 0 Å². The summed E-state index contributed by atoms with van der Waals surface area (Å²) in [6.07, 6.45) is 10.5. The SMILES string of the molecule is C=C(COCCN1CCOCC1)C1CCC(CC)(C(=O)NCCNCC(=O)O)C1C1CCC2C(C)(CCC3C(C)(C)C(c4ccc(C(=O)O)cc4)=CCC32C)C1C. The molecule has 9 unspecified atom stereocenters. The molecule has 4 fully saturated rings. The van der Waals surface area contributed by atoms with Gasteiger partial charge in [0.2, 0.25) is 5.91 Å². The van der Waals surface area contributed by atoms with Crippen LogP contribution in [0.25, 0.3) is 5.57 Å². The summed E-state index contributed by atoms with van der Waals surface area (Å²) in [5, 5.41) is 24.8. The maximum absolute atomic E-state index is 14.6. The molecule has 316 valence electrons. The number of hydrogen-bond donors (Lipinski definition) is 4. The molecule has 1 aliphatic heterocycles. The minimum atomic E-state index is -0.905. The first-order valence-corrected chi connectivity index (χ1v) is 21.9. The van der Waals surface area contributed by atoms with Crippen LogP contribution in [0.4, 0.5) is 0 Å². The number of carboxylic acids is 2. The average Bonchev–Trinajstić information content (AvgIpc) is 3.58. The molecule has 0 radical (unpaired) electrons. The predicted molar refractivity (Wildman–Crippen MR) is 224 cm³/mol. The van der Waals surface area contributed by atoms with Crippen LogP contribution >= 0.6 is 0 Å². The molecule has 1 aromatic rings. The van der Waals surface area contributed by atoms with E-state index < -0.39 is 17.4 Å². The van der Waals surface area contributed by atoms with E-state index in [0.717, 1.165) is 95.4 Å². The number of ether oxygens (including phenoxy) is 2. The Morgan fingerprint density at radius 3 is 2.33 bits per heavy atom. The topological polar surface area (TPSA) is 137 Å². The number of hydrogen-bond acceptors (Lipinski definition) is 7. The Morgan fingerprint density at radius 1 is 0.947 bits per heavy atom. The van der Waals surface area contributed by atoms with Crippen molar-refractivity contribution in [3.05, 3.63) is 53.6 Å². The molecule has 1 heterocycles. The number of carbonyl (C=O) groups is 3. The van der Waals surface area contributed by atoms with E-state index in [9.17, 15) is 19.5 Å². The number of aliphatic carboxylic acids is 1. The standard InChI is InChI=1S/C47H71N3O7/c1-8-47(43(55)49-22-21-48-29-40(51)52)20-15-35(31(2)30-57-28-25-50-23-26-56-27-24-50)41(47)36-13-14-39-45(6,32(36)3)19-17-38-44(4,5)37(16-18-46(38,39)7)33-9-11-34(12-10-33)42(53)54/h9-12,16,32,35-36,38-39,41,48H,2,8,13-15,17-30H2,1,3-7H3,(H,49,55)(H,51,52)(H,53,54). The third-order valence-corrected chi connectivity index (χ3v) is 16.4. The second-order valence-electron chi connectivity index (χ2n) is 19.3. The van der Waals surface area contributed by atoms with E-state index in [1.54, 1.807) is 12.1 Å². The summed E-state index contributed by atoms with van der Waals surface area (Å²) in [6, 6.07) is 7.45. The molecule has 0 aromatic heterocycles. The van der Waals surface area contributed by atoms with Crippen LogP contribution in [0.2, 0.25) is 0 Å². The van der Waals surface area contributed by atoms with E-state index in [2.05, 4.69) is 69.7 Å². The Morgan fingerprint density at radius 2 is 1.67 bits per heavy atom. The summed E-state index contributed by atoms with van der Waals surface area (Å²) < 4.78 is 11.9. The van der Waals surface area contributed by atoms with E-state index in [-0.39, 0.29) is 40.5 Å². The van der Waals surface area contributed by atoms with Gasteiger partial charge in [-0.1, -0.05) is 66.3 Å². The number of carbonyl (C=O) groups excluding carboxylic acids is 1. The van der Waals surface area contributed by atoms with Crippen molar-refractivity contribution in [2.75, 3.05) is 65.7 Å². The van der Waals surface area contributed by atoms with Crippen molar-refractivity contribution in [2.45, 2.75) is 92.9 Å². The van der Waals surface area contributed by atoms with E-state index in [4.69, 9.17) is 14.6 Å². The number of carboxylic acid groups (broad SMARTS) is 2. The highest BCUT2D eigenvalue weighted by Gasteiger charge is 2.65. The smallest absolute Gasteiger partial charge is 0.335 e. The van der Waals surface area contributed by atoms with Gasteiger partial charge in [0.1, 0.15) is 0 Å². The van der Waals surface area contributed by atoms with Crippen LogP contribution in [0.1, 0.15) is 109 Å². The van der Waals surface area contributed by atoms with Crippen LogP contribution in [-0.2, 0) is 19.1 Å². The number of nitrogens with zero attached hydrogens (tertiary/aromatic N) is 1. The molecule has 4 aliphatic carbocycles. The molecule has 10 nitrogen and oxygen atoms in total. The average molecular weight is 790 g/mol. The molecule has 5 aliphatic rings. The number of amides is 1. The quantitative estimate of drug-likeness (QED) is 0.0998. The van der Waals surface area contributed by atoms with Gasteiger partial charge in [-0.05, 0) is 132 Å². The van der Waals surface area contributed by atoms with Gasteiger partial charge in [0.25, 0.3) is 0 Å². The summed E-state index contributed by atoms with van der Waals surface area (Å²) in [7, 11) is 0. The molecule has 0 spiro atoms. The zero-order valence-electron chi connectivity index (χ0n) is 35.7. The Labute approximate surface area is 341 Å². The Kier molecular flexibility index (Phi) is 13.5. The summed E-state index contributed by atoms with van der Waals surface area (Å²) in [5.41, 5.74) is 3.53. The third kappa shape index (κ3) is 8.40. The van der Waals surface area contributed by atoms with Crippen molar-refractivity contribution in [2.24, 2.45) is 57.2 Å². The van der Waals surface area contributed by atoms with Gasteiger partial charge < -0.3 is 30.3 Å². The molecule has 10 heteroatoms. The van der Waals surface area contributed by atoms with Crippen molar-refractivity contribution < 1.29 is 34.1 Å². The molecule has 9 atom stereocenters. The van der Waals surface area contributed by atoms with Crippen molar-refractivity contribution in [1.82, 2.24) is 15.5 Å². The normalized spacial score (nSPS) is 35.1. The number of benzene rings is 1. The fraction of sp³-hybridized carbons (Fsp3) is 0.723. The predicted octanol–water partition coefficient (Wildman–Crippen LogP) is 7.40. The lowest BCUT2D eigenvalue weighted by Crippen LogP contribution is -2.60. The molecular weight excluding hydrogens is 719 g/mol. The maximum Gasteiger partial charge on any atom is 0.335 e. The molecule has 1 amide bonds. The van der Waals surface area contributed by atoms with Crippen molar-refractivity contribution in [3.63, 3.8) is 0 Å². The summed E-state index contributed by atoms with van der Waals surface area (Å²) in [4.78, 5) is 39.6. The van der Waals surface area contributed by atoms with Crippen LogP contribution in [0.3, 0.4) is 0 Å². The van der Waals surface area contributed by atoms with E-state index in [1.807, 2.05) is 12.1 Å². The van der Waals surface area contributed by atoms with E-state index in [1.165, 1.54) is 5.57 Å². The van der Waals surface area contributed by atoms with Gasteiger partial charge in [0.05, 0.1) is 44.0 Å². The third-order valence-electron chi connectivity index (χ3n) is 16.4. The number of aromatic carboxylic acids is 1. The number of allylic oxidation sites excluding steroid dienone is 2. The zero-order chi connectivity index (χ0) is 41.2. The second kappa shape index (κ2) is 17.7. The van der Waals surface area contributed by atoms with Crippen molar-refractivity contribution >= 4 is 23.4 Å². The Hall–Kier alpha value is -3.05. The first-order chi connectivity index (χ1) is 27.1. The van der Waals surface area contributed by atoms with Gasteiger partial charge in [0, 0.05) is 32.7 Å². The van der Waals surface area contributed by atoms with E-state index >= 15 is 0 Å². The van der Waals surface area contributed by atoms with Crippen LogP contribution in [0.5, 0.6) is 0 Å². The second-order valence-corrected chi connectivity index (χ2v) is 19.3. The lowest BCUT2D eigenvalue weighted by Gasteiger charge is -2.67. The Balaban J connectivity index is 1.24. The van der Waals surface area contributed by atoms with Crippen LogP contribution in [-0.4, -0.2) is 98.7 Å². The lowest BCUT2D eigenvalue weighted by atomic mass is 9.38. The molecule has 4 N–H and O–H groups in total. The van der Waals surface area contributed by atoms with Gasteiger partial charge in [-0.15, -0.1) is 0 Å². The highest BCUT2D eigenvalue weighted by atomic mass is 16.5.